The molecule has 128 valence electrons. The maximum absolute atomic E-state index is 12.8. The van der Waals surface area contributed by atoms with Crippen LogP contribution in [0.2, 0.25) is 0 Å². The molecule has 0 spiro atoms. The molecule has 0 radical (unpaired) electrons. The number of hydrogen-bond donors (Lipinski definition) is 2. The summed E-state index contributed by atoms with van der Waals surface area (Å²) in [5, 5.41) is 7.63. The lowest BCUT2D eigenvalue weighted by atomic mass is 10.2. The second-order valence-electron chi connectivity index (χ2n) is 5.34. The lowest BCUT2D eigenvalue weighted by Crippen LogP contribution is -2.48. The number of nitrogens with one attached hydrogen (secondary N) is 1. The number of ether oxygens (including phenoxy) is 1. The van der Waals surface area contributed by atoms with E-state index in [1.165, 1.54) is 16.4 Å². The third-order valence-corrected chi connectivity index (χ3v) is 5.85. The molecule has 0 bridgehead atoms. The Labute approximate surface area is 137 Å². The van der Waals surface area contributed by atoms with E-state index in [9.17, 15) is 8.42 Å². The van der Waals surface area contributed by atoms with Crippen LogP contribution in [-0.4, -0.2) is 62.8 Å². The molecule has 1 aromatic carbocycles. The van der Waals surface area contributed by atoms with E-state index in [0.717, 1.165) is 19.6 Å². The highest BCUT2D eigenvalue weighted by atomic mass is 32.2. The number of nitrogens with two attached hydrogens (primary N) is 1. The van der Waals surface area contributed by atoms with Crippen molar-refractivity contribution in [1.29, 1.82) is 5.41 Å². The quantitative estimate of drug-likeness (QED) is 0.586. The summed E-state index contributed by atoms with van der Waals surface area (Å²) < 4.78 is 32.5. The van der Waals surface area contributed by atoms with Crippen LogP contribution in [0.5, 0.6) is 5.75 Å². The molecule has 0 saturated carbocycles. The van der Waals surface area contributed by atoms with E-state index in [-0.39, 0.29) is 10.7 Å². The maximum atomic E-state index is 12.8. The molecular formula is C15H24N4O3S. The minimum absolute atomic E-state index is 0.149. The van der Waals surface area contributed by atoms with Crippen LogP contribution < -0.4 is 10.5 Å². The van der Waals surface area contributed by atoms with E-state index in [0.29, 0.717) is 31.0 Å². The van der Waals surface area contributed by atoms with Crippen LogP contribution in [0.25, 0.3) is 0 Å². The highest BCUT2D eigenvalue weighted by Gasteiger charge is 2.28. The van der Waals surface area contributed by atoms with Crippen molar-refractivity contribution in [2.24, 2.45) is 5.73 Å². The average molecular weight is 340 g/mol. The van der Waals surface area contributed by atoms with E-state index in [2.05, 4.69) is 11.8 Å². The molecule has 0 aliphatic carbocycles. The number of nitrogen functional groups attached to an aromatic ring is 1. The van der Waals surface area contributed by atoms with E-state index in [4.69, 9.17) is 15.9 Å². The SMILES string of the molecule is CCOc1ccc(S(=O)(=O)N2CCN(CC)CC2)cc1C(=N)N. The van der Waals surface area contributed by atoms with Gasteiger partial charge in [-0.1, -0.05) is 6.92 Å². The van der Waals surface area contributed by atoms with Gasteiger partial charge in [-0.3, -0.25) is 5.41 Å². The normalized spacial score (nSPS) is 17.1. The molecule has 0 unspecified atom stereocenters. The topological polar surface area (TPSA) is 99.7 Å². The predicted molar refractivity (Wildman–Crippen MR) is 89.5 cm³/mol. The average Bonchev–Trinajstić information content (AvgIpc) is 2.55. The molecule has 1 aliphatic rings. The number of amidine groups is 1. The number of piperazine rings is 1. The van der Waals surface area contributed by atoms with Gasteiger partial charge in [0.25, 0.3) is 0 Å². The number of likely N-dealkylation sites (N-methyl/N-ethyl adjacent to an activating group) is 1. The summed E-state index contributed by atoms with van der Waals surface area (Å²) in [6, 6.07) is 4.50. The van der Waals surface area contributed by atoms with Crippen LogP contribution in [0.4, 0.5) is 0 Å². The summed E-state index contributed by atoms with van der Waals surface area (Å²) in [5.41, 5.74) is 5.87. The third-order valence-electron chi connectivity index (χ3n) is 3.96. The number of benzene rings is 1. The Kier molecular flexibility index (Phi) is 5.61. The molecule has 8 heteroatoms. The molecule has 23 heavy (non-hydrogen) atoms. The molecular weight excluding hydrogens is 316 g/mol. The van der Waals surface area contributed by atoms with Gasteiger partial charge in [-0.05, 0) is 31.7 Å². The molecule has 1 aromatic rings. The first-order chi connectivity index (χ1) is 10.9. The molecule has 0 aromatic heterocycles. The minimum Gasteiger partial charge on any atom is -0.493 e. The van der Waals surface area contributed by atoms with Crippen molar-refractivity contribution in [3.05, 3.63) is 23.8 Å². The summed E-state index contributed by atoms with van der Waals surface area (Å²) in [6.45, 7) is 7.63. The van der Waals surface area contributed by atoms with Gasteiger partial charge in [-0.15, -0.1) is 0 Å². The van der Waals surface area contributed by atoms with Crippen molar-refractivity contribution in [2.75, 3.05) is 39.3 Å². The van der Waals surface area contributed by atoms with Gasteiger partial charge in [-0.2, -0.15) is 4.31 Å². The number of rotatable bonds is 6. The van der Waals surface area contributed by atoms with Gasteiger partial charge >= 0.3 is 0 Å². The number of nitrogens with zero attached hydrogens (tertiary/aromatic N) is 2. The third kappa shape index (κ3) is 3.82. The van der Waals surface area contributed by atoms with E-state index >= 15 is 0 Å². The smallest absolute Gasteiger partial charge is 0.243 e. The molecule has 3 N–H and O–H groups in total. The van der Waals surface area contributed by atoms with Crippen molar-refractivity contribution in [1.82, 2.24) is 9.21 Å². The van der Waals surface area contributed by atoms with Gasteiger partial charge in [0, 0.05) is 26.2 Å². The van der Waals surface area contributed by atoms with Crippen molar-refractivity contribution in [2.45, 2.75) is 18.7 Å². The van der Waals surface area contributed by atoms with Crippen molar-refractivity contribution in [3.8, 4) is 5.75 Å². The van der Waals surface area contributed by atoms with Crippen molar-refractivity contribution < 1.29 is 13.2 Å². The van der Waals surface area contributed by atoms with Gasteiger partial charge in [0.15, 0.2) is 0 Å². The molecule has 0 amide bonds. The summed E-state index contributed by atoms with van der Waals surface area (Å²) in [5.74, 6) is 0.219. The zero-order valence-corrected chi connectivity index (χ0v) is 14.4. The zero-order chi connectivity index (χ0) is 17.0. The highest BCUT2D eigenvalue weighted by molar-refractivity contribution is 7.89. The Morgan fingerprint density at radius 1 is 1.26 bits per heavy atom. The molecule has 0 atom stereocenters. The summed E-state index contributed by atoms with van der Waals surface area (Å²) in [6.07, 6.45) is 0. The minimum atomic E-state index is -3.58. The number of hydrogen-bond acceptors (Lipinski definition) is 5. The maximum Gasteiger partial charge on any atom is 0.243 e. The molecule has 1 fully saturated rings. The molecule has 1 aliphatic heterocycles. The summed E-state index contributed by atoms with van der Waals surface area (Å²) >= 11 is 0. The second-order valence-corrected chi connectivity index (χ2v) is 7.28. The fourth-order valence-electron chi connectivity index (χ4n) is 2.60. The van der Waals surface area contributed by atoms with Gasteiger partial charge in [0.2, 0.25) is 10.0 Å². The second kappa shape index (κ2) is 7.29. The van der Waals surface area contributed by atoms with Crippen LogP contribution in [0.15, 0.2) is 23.1 Å². The Bertz CT molecular complexity index is 667. The van der Waals surface area contributed by atoms with Crippen molar-refractivity contribution in [3.63, 3.8) is 0 Å². The first kappa shape index (κ1) is 17.7. The van der Waals surface area contributed by atoms with Crippen molar-refractivity contribution >= 4 is 15.9 Å². The number of sulfonamides is 1. The lowest BCUT2D eigenvalue weighted by molar-refractivity contribution is 0.196. The summed E-state index contributed by atoms with van der Waals surface area (Å²) in [4.78, 5) is 2.36. The van der Waals surface area contributed by atoms with E-state index < -0.39 is 10.0 Å². The van der Waals surface area contributed by atoms with E-state index in [1.54, 1.807) is 6.07 Å². The van der Waals surface area contributed by atoms with Crippen LogP contribution in [0.3, 0.4) is 0 Å². The molecule has 1 heterocycles. The van der Waals surface area contributed by atoms with Crippen LogP contribution in [0, 0.1) is 5.41 Å². The van der Waals surface area contributed by atoms with Gasteiger partial charge in [-0.25, -0.2) is 8.42 Å². The van der Waals surface area contributed by atoms with Gasteiger partial charge < -0.3 is 15.4 Å². The monoisotopic (exact) mass is 340 g/mol. The fourth-order valence-corrected chi connectivity index (χ4v) is 4.05. The largest absolute Gasteiger partial charge is 0.493 e. The molecule has 2 rings (SSSR count). The standard InChI is InChI=1S/C15H24N4O3S/c1-3-18-7-9-19(10-8-18)23(20,21)12-5-6-14(22-4-2)13(11-12)15(16)17/h5-6,11H,3-4,7-10H2,1-2H3,(H3,16,17). The Morgan fingerprint density at radius 2 is 1.91 bits per heavy atom. The Balaban J connectivity index is 2.29. The van der Waals surface area contributed by atoms with E-state index in [1.807, 2.05) is 6.92 Å². The summed E-state index contributed by atoms with van der Waals surface area (Å²) in [7, 11) is -3.58. The first-order valence-electron chi connectivity index (χ1n) is 7.73. The van der Waals surface area contributed by atoms with Crippen LogP contribution in [-0.2, 0) is 10.0 Å². The highest BCUT2D eigenvalue weighted by Crippen LogP contribution is 2.25. The Hall–Kier alpha value is -1.64. The van der Waals surface area contributed by atoms with Gasteiger partial charge in [0.05, 0.1) is 17.1 Å². The lowest BCUT2D eigenvalue weighted by Gasteiger charge is -2.33. The first-order valence-corrected chi connectivity index (χ1v) is 9.17. The fraction of sp³-hybridized carbons (Fsp3) is 0.533. The molecule has 7 nitrogen and oxygen atoms in total. The van der Waals surface area contributed by atoms with Crippen LogP contribution >= 0.6 is 0 Å². The van der Waals surface area contributed by atoms with Crippen LogP contribution in [0.1, 0.15) is 19.4 Å². The molecule has 1 saturated heterocycles. The van der Waals surface area contributed by atoms with Gasteiger partial charge in [0.1, 0.15) is 11.6 Å². The zero-order valence-electron chi connectivity index (χ0n) is 13.6. The Morgan fingerprint density at radius 3 is 2.43 bits per heavy atom. The predicted octanol–water partition coefficient (Wildman–Crippen LogP) is 0.696.